The second-order valence-corrected chi connectivity index (χ2v) is 5.84. The number of amides is 1. The molecule has 0 spiro atoms. The minimum Gasteiger partial charge on any atom is -0.497 e. The smallest absolute Gasteiger partial charge is 0.229 e. The van der Waals surface area contributed by atoms with E-state index in [1.165, 1.54) is 12.8 Å². The van der Waals surface area contributed by atoms with Crippen molar-refractivity contribution in [1.82, 2.24) is 0 Å². The number of hydrogen-bond acceptors (Lipinski definition) is 4. The van der Waals surface area contributed by atoms with Crippen molar-refractivity contribution in [3.8, 4) is 5.75 Å². The summed E-state index contributed by atoms with van der Waals surface area (Å²) in [6.07, 6.45) is 2.44. The highest BCUT2D eigenvalue weighted by Gasteiger charge is 2.35. The Morgan fingerprint density at radius 3 is 2.41 bits per heavy atom. The average Bonchev–Trinajstić information content (AvgIpc) is 3.38. The first-order valence-corrected chi connectivity index (χ1v) is 7.79. The van der Waals surface area contributed by atoms with Crippen LogP contribution in [0.4, 0.5) is 5.69 Å². The third kappa shape index (κ3) is 3.99. The van der Waals surface area contributed by atoms with E-state index in [4.69, 9.17) is 15.2 Å². The standard InChI is InChI=1S/C17H26N2O3/c1-12(13-4-5-13)19(17(20)10-16(11-18)22-3)14-6-8-15(21-2)9-7-14/h6-9,12-13,16H,4-5,10-11,18H2,1-3H3. The van der Waals surface area contributed by atoms with Crippen LogP contribution in [0.15, 0.2) is 24.3 Å². The number of nitrogens with zero attached hydrogens (tertiary/aromatic N) is 1. The Labute approximate surface area is 132 Å². The van der Waals surface area contributed by atoms with Crippen molar-refractivity contribution in [2.75, 3.05) is 25.7 Å². The summed E-state index contributed by atoms with van der Waals surface area (Å²) in [7, 11) is 3.22. The molecular weight excluding hydrogens is 280 g/mol. The van der Waals surface area contributed by atoms with Crippen molar-refractivity contribution >= 4 is 11.6 Å². The van der Waals surface area contributed by atoms with E-state index in [-0.39, 0.29) is 18.1 Å². The molecule has 2 rings (SSSR count). The van der Waals surface area contributed by atoms with E-state index in [2.05, 4.69) is 6.92 Å². The van der Waals surface area contributed by atoms with Crippen LogP contribution in [0.5, 0.6) is 5.75 Å². The molecular formula is C17H26N2O3. The van der Waals surface area contributed by atoms with Gasteiger partial charge in [-0.3, -0.25) is 4.79 Å². The molecule has 0 heterocycles. The number of benzene rings is 1. The number of nitrogens with two attached hydrogens (primary N) is 1. The summed E-state index contributed by atoms with van der Waals surface area (Å²) in [4.78, 5) is 14.6. The number of methoxy groups -OCH3 is 2. The third-order valence-electron chi connectivity index (χ3n) is 4.33. The van der Waals surface area contributed by atoms with Crippen LogP contribution in [0.1, 0.15) is 26.2 Å². The van der Waals surface area contributed by atoms with Gasteiger partial charge in [0, 0.05) is 25.4 Å². The molecule has 1 aliphatic rings. The minimum absolute atomic E-state index is 0.0573. The maximum atomic E-state index is 12.8. The van der Waals surface area contributed by atoms with Crippen LogP contribution in [0.25, 0.3) is 0 Å². The lowest BCUT2D eigenvalue weighted by molar-refractivity contribution is -0.121. The zero-order valence-electron chi connectivity index (χ0n) is 13.6. The molecule has 1 amide bonds. The number of carbonyl (C=O) groups excluding carboxylic acids is 1. The Morgan fingerprint density at radius 2 is 1.95 bits per heavy atom. The zero-order valence-corrected chi connectivity index (χ0v) is 13.6. The third-order valence-corrected chi connectivity index (χ3v) is 4.33. The highest BCUT2D eigenvalue weighted by atomic mass is 16.5. The second kappa shape index (κ2) is 7.61. The van der Waals surface area contributed by atoms with Crippen molar-refractivity contribution < 1.29 is 14.3 Å². The van der Waals surface area contributed by atoms with Crippen LogP contribution in [-0.4, -0.2) is 38.8 Å². The van der Waals surface area contributed by atoms with Gasteiger partial charge in [-0.25, -0.2) is 0 Å². The molecule has 1 aliphatic carbocycles. The minimum atomic E-state index is -0.236. The van der Waals surface area contributed by atoms with Gasteiger partial charge in [-0.1, -0.05) is 0 Å². The molecule has 1 saturated carbocycles. The molecule has 1 fully saturated rings. The van der Waals surface area contributed by atoms with Gasteiger partial charge >= 0.3 is 0 Å². The number of rotatable bonds is 8. The normalized spacial score (nSPS) is 16.9. The first-order chi connectivity index (χ1) is 10.6. The Hall–Kier alpha value is -1.59. The fourth-order valence-corrected chi connectivity index (χ4v) is 2.69. The van der Waals surface area contributed by atoms with Crippen LogP contribution in [-0.2, 0) is 9.53 Å². The van der Waals surface area contributed by atoms with Crippen LogP contribution in [0.2, 0.25) is 0 Å². The lowest BCUT2D eigenvalue weighted by Gasteiger charge is -2.31. The van der Waals surface area contributed by atoms with Crippen molar-refractivity contribution in [3.63, 3.8) is 0 Å². The molecule has 1 aromatic rings. The van der Waals surface area contributed by atoms with Gasteiger partial charge in [-0.15, -0.1) is 0 Å². The van der Waals surface area contributed by atoms with Gasteiger partial charge in [0.25, 0.3) is 0 Å². The molecule has 0 saturated heterocycles. The van der Waals surface area contributed by atoms with E-state index in [1.54, 1.807) is 14.2 Å². The number of carbonyl (C=O) groups is 1. The molecule has 0 radical (unpaired) electrons. The number of anilines is 1. The summed E-state index contributed by atoms with van der Waals surface area (Å²) in [5.74, 6) is 1.43. The number of ether oxygens (including phenoxy) is 2. The van der Waals surface area contributed by atoms with Crippen molar-refractivity contribution in [1.29, 1.82) is 0 Å². The van der Waals surface area contributed by atoms with E-state index in [9.17, 15) is 4.79 Å². The van der Waals surface area contributed by atoms with E-state index < -0.39 is 0 Å². The lowest BCUT2D eigenvalue weighted by Crippen LogP contribution is -2.42. The van der Waals surface area contributed by atoms with Crippen molar-refractivity contribution in [2.24, 2.45) is 11.7 Å². The molecule has 22 heavy (non-hydrogen) atoms. The predicted octanol–water partition coefficient (Wildman–Crippen LogP) is 2.19. The van der Waals surface area contributed by atoms with Crippen LogP contribution in [0, 0.1) is 5.92 Å². The van der Waals surface area contributed by atoms with Crippen LogP contribution >= 0.6 is 0 Å². The molecule has 0 bridgehead atoms. The maximum Gasteiger partial charge on any atom is 0.229 e. The predicted molar refractivity (Wildman–Crippen MR) is 87.1 cm³/mol. The zero-order chi connectivity index (χ0) is 16.1. The Bertz CT molecular complexity index is 481. The molecule has 122 valence electrons. The van der Waals surface area contributed by atoms with Gasteiger partial charge in [0.15, 0.2) is 0 Å². The number of hydrogen-bond donors (Lipinski definition) is 1. The summed E-state index contributed by atoms with van der Waals surface area (Å²) < 4.78 is 10.4. The van der Waals surface area contributed by atoms with Gasteiger partial charge in [-0.05, 0) is 49.9 Å². The average molecular weight is 306 g/mol. The van der Waals surface area contributed by atoms with Crippen molar-refractivity contribution in [3.05, 3.63) is 24.3 Å². The SMILES string of the molecule is COc1ccc(N(C(=O)CC(CN)OC)C(C)C2CC2)cc1. The quantitative estimate of drug-likeness (QED) is 0.799. The molecule has 2 atom stereocenters. The summed E-state index contributed by atoms with van der Waals surface area (Å²) in [6.45, 7) is 2.46. The Kier molecular flexibility index (Phi) is 5.80. The van der Waals surface area contributed by atoms with Gasteiger partial charge in [0.1, 0.15) is 5.75 Å². The lowest BCUT2D eigenvalue weighted by atomic mass is 10.1. The highest BCUT2D eigenvalue weighted by molar-refractivity contribution is 5.94. The van der Waals surface area contributed by atoms with Gasteiger partial charge < -0.3 is 20.1 Å². The van der Waals surface area contributed by atoms with E-state index in [0.717, 1.165) is 11.4 Å². The summed E-state index contributed by atoms with van der Waals surface area (Å²) in [5, 5.41) is 0. The second-order valence-electron chi connectivity index (χ2n) is 5.84. The van der Waals surface area contributed by atoms with E-state index in [0.29, 0.717) is 18.9 Å². The maximum absolute atomic E-state index is 12.8. The Balaban J connectivity index is 2.19. The van der Waals surface area contributed by atoms with Crippen LogP contribution in [0.3, 0.4) is 0 Å². The van der Waals surface area contributed by atoms with E-state index >= 15 is 0 Å². The van der Waals surface area contributed by atoms with Gasteiger partial charge in [-0.2, -0.15) is 0 Å². The highest BCUT2D eigenvalue weighted by Crippen LogP contribution is 2.37. The molecule has 5 nitrogen and oxygen atoms in total. The molecule has 0 aromatic heterocycles. The first kappa shape index (κ1) is 16.8. The summed E-state index contributed by atoms with van der Waals surface area (Å²) in [5.41, 5.74) is 6.54. The van der Waals surface area contributed by atoms with E-state index in [1.807, 2.05) is 29.2 Å². The first-order valence-electron chi connectivity index (χ1n) is 7.79. The van der Waals surface area contributed by atoms with Gasteiger partial charge in [0.2, 0.25) is 5.91 Å². The molecule has 1 aromatic carbocycles. The fraction of sp³-hybridized carbons (Fsp3) is 0.588. The summed E-state index contributed by atoms with van der Waals surface area (Å²) in [6, 6.07) is 7.81. The fourth-order valence-electron chi connectivity index (χ4n) is 2.69. The molecule has 5 heteroatoms. The van der Waals surface area contributed by atoms with Gasteiger partial charge in [0.05, 0.1) is 19.6 Å². The molecule has 2 N–H and O–H groups in total. The van der Waals surface area contributed by atoms with Crippen molar-refractivity contribution in [2.45, 2.75) is 38.3 Å². The monoisotopic (exact) mass is 306 g/mol. The largest absolute Gasteiger partial charge is 0.497 e. The summed E-state index contributed by atoms with van der Waals surface area (Å²) >= 11 is 0. The topological polar surface area (TPSA) is 64.8 Å². The van der Waals surface area contributed by atoms with Crippen LogP contribution < -0.4 is 15.4 Å². The molecule has 2 unspecified atom stereocenters. The molecule has 0 aliphatic heterocycles. The Morgan fingerprint density at radius 1 is 1.32 bits per heavy atom.